The molecule has 5 nitrogen and oxygen atoms in total. The molecule has 0 fully saturated rings. The Bertz CT molecular complexity index is 668. The van der Waals surface area contributed by atoms with Crippen molar-refractivity contribution >= 4 is 17.3 Å². The average molecular weight is 374 g/mol. The normalized spacial score (nSPS) is 13.0. The zero-order chi connectivity index (χ0) is 18.8. The maximum absolute atomic E-state index is 4.39. The highest BCUT2D eigenvalue weighted by molar-refractivity contribution is 7.11. The first-order chi connectivity index (χ1) is 12.6. The number of rotatable bonds is 9. The highest BCUT2D eigenvalue weighted by Crippen LogP contribution is 2.11. The fourth-order valence-electron chi connectivity index (χ4n) is 2.67. The van der Waals surface area contributed by atoms with Crippen LogP contribution < -0.4 is 10.6 Å². The van der Waals surface area contributed by atoms with E-state index in [4.69, 9.17) is 0 Å². The zero-order valence-corrected chi connectivity index (χ0v) is 17.1. The van der Waals surface area contributed by atoms with Gasteiger partial charge in [0.15, 0.2) is 5.96 Å². The fraction of sp³-hybridized carbons (Fsp3) is 0.500. The van der Waals surface area contributed by atoms with E-state index in [9.17, 15) is 0 Å². The van der Waals surface area contributed by atoms with Crippen LogP contribution >= 0.6 is 11.3 Å². The number of nitrogens with one attached hydrogen (secondary N) is 2. The molecule has 0 radical (unpaired) electrons. The molecule has 2 rings (SSSR count). The highest BCUT2D eigenvalue weighted by atomic mass is 32.1. The Balaban J connectivity index is 1.64. The number of aliphatic imine (C=N–C) groups is 1. The van der Waals surface area contributed by atoms with Crippen molar-refractivity contribution < 1.29 is 0 Å². The number of aromatic nitrogens is 1. The van der Waals surface area contributed by atoms with E-state index < -0.39 is 0 Å². The zero-order valence-electron chi connectivity index (χ0n) is 16.3. The van der Waals surface area contributed by atoms with Crippen LogP contribution in [0, 0.1) is 6.92 Å². The third-order valence-electron chi connectivity index (χ3n) is 4.41. The van der Waals surface area contributed by atoms with E-state index in [-0.39, 0.29) is 0 Å². The first-order valence-corrected chi connectivity index (χ1v) is 10.00. The van der Waals surface area contributed by atoms with Crippen LogP contribution in [-0.4, -0.2) is 49.1 Å². The van der Waals surface area contributed by atoms with Crippen molar-refractivity contribution in [1.29, 1.82) is 0 Å². The minimum Gasteiger partial charge on any atom is -0.356 e. The molecule has 1 aromatic carbocycles. The summed E-state index contributed by atoms with van der Waals surface area (Å²) in [5.74, 6) is 0.858. The number of nitrogens with zero attached hydrogens (tertiary/aromatic N) is 3. The first-order valence-electron chi connectivity index (χ1n) is 9.18. The highest BCUT2D eigenvalue weighted by Gasteiger charge is 2.09. The van der Waals surface area contributed by atoms with E-state index in [1.165, 1.54) is 15.4 Å². The molecule has 1 unspecified atom stereocenters. The largest absolute Gasteiger partial charge is 0.356 e. The fourth-order valence-corrected chi connectivity index (χ4v) is 3.46. The first kappa shape index (κ1) is 20.4. The van der Waals surface area contributed by atoms with Crippen molar-refractivity contribution in [3.05, 3.63) is 52.0 Å². The standard InChI is InChI=1S/C20H31N5S/c1-16(25(4)15-18-8-6-5-7-9-18)10-12-22-20(21-3)23-13-11-19-24-14-17(2)26-19/h5-9,14,16H,10-13,15H2,1-4H3,(H2,21,22,23). The topological polar surface area (TPSA) is 52.6 Å². The van der Waals surface area contributed by atoms with Gasteiger partial charge in [-0.05, 0) is 32.9 Å². The summed E-state index contributed by atoms with van der Waals surface area (Å²) in [7, 11) is 3.99. The van der Waals surface area contributed by atoms with Gasteiger partial charge in [0.25, 0.3) is 0 Å². The second-order valence-electron chi connectivity index (χ2n) is 6.58. The van der Waals surface area contributed by atoms with E-state index in [0.717, 1.165) is 38.4 Å². The van der Waals surface area contributed by atoms with E-state index in [2.05, 4.69) is 76.7 Å². The molecule has 2 aromatic rings. The Labute approximate surface area is 161 Å². The molecule has 1 atom stereocenters. The molecule has 1 heterocycles. The second kappa shape index (κ2) is 10.9. The number of guanidine groups is 1. The van der Waals surface area contributed by atoms with Gasteiger partial charge in [-0.25, -0.2) is 4.98 Å². The SMILES string of the molecule is CN=C(NCCc1ncc(C)s1)NCCC(C)N(C)Cc1ccccc1. The summed E-state index contributed by atoms with van der Waals surface area (Å²) >= 11 is 1.76. The maximum atomic E-state index is 4.39. The van der Waals surface area contributed by atoms with E-state index in [0.29, 0.717) is 6.04 Å². The molecular formula is C20H31N5S. The molecule has 6 heteroatoms. The lowest BCUT2D eigenvalue weighted by Gasteiger charge is -2.25. The lowest BCUT2D eigenvalue weighted by Crippen LogP contribution is -2.40. The van der Waals surface area contributed by atoms with Gasteiger partial charge in [0, 0.05) is 50.2 Å². The van der Waals surface area contributed by atoms with E-state index >= 15 is 0 Å². The summed E-state index contributed by atoms with van der Waals surface area (Å²) in [6.45, 7) is 7.07. The lowest BCUT2D eigenvalue weighted by molar-refractivity contribution is 0.238. The third-order valence-corrected chi connectivity index (χ3v) is 5.38. The van der Waals surface area contributed by atoms with Crippen LogP contribution in [0.15, 0.2) is 41.5 Å². The lowest BCUT2D eigenvalue weighted by atomic mass is 10.1. The minimum absolute atomic E-state index is 0.499. The molecule has 0 aliphatic heterocycles. The van der Waals surface area contributed by atoms with Crippen LogP contribution in [0.3, 0.4) is 0 Å². The number of aryl methyl sites for hydroxylation is 1. The van der Waals surface area contributed by atoms with Gasteiger partial charge in [0.1, 0.15) is 0 Å². The summed E-state index contributed by atoms with van der Waals surface area (Å²) in [5, 5.41) is 7.94. The van der Waals surface area contributed by atoms with Crippen molar-refractivity contribution in [1.82, 2.24) is 20.5 Å². The average Bonchev–Trinajstić information content (AvgIpc) is 3.06. The monoisotopic (exact) mass is 373 g/mol. The molecular weight excluding hydrogens is 342 g/mol. The van der Waals surface area contributed by atoms with Gasteiger partial charge in [0.05, 0.1) is 5.01 Å². The number of hydrogen-bond acceptors (Lipinski definition) is 4. The van der Waals surface area contributed by atoms with Crippen LogP contribution in [-0.2, 0) is 13.0 Å². The van der Waals surface area contributed by atoms with Gasteiger partial charge >= 0.3 is 0 Å². The molecule has 2 N–H and O–H groups in total. The molecule has 0 spiro atoms. The van der Waals surface area contributed by atoms with Crippen LogP contribution in [0.2, 0.25) is 0 Å². The van der Waals surface area contributed by atoms with E-state index in [1.54, 1.807) is 11.3 Å². The number of benzene rings is 1. The Hall–Kier alpha value is -1.92. The van der Waals surface area contributed by atoms with Gasteiger partial charge in [0.2, 0.25) is 0 Å². The number of thiazole rings is 1. The smallest absolute Gasteiger partial charge is 0.190 e. The Morgan fingerprint density at radius 1 is 1.23 bits per heavy atom. The molecule has 142 valence electrons. The molecule has 0 saturated carbocycles. The molecule has 0 aliphatic carbocycles. The minimum atomic E-state index is 0.499. The quantitative estimate of drug-likeness (QED) is 0.524. The molecule has 1 aromatic heterocycles. The van der Waals surface area contributed by atoms with Crippen LogP contribution in [0.1, 0.15) is 28.8 Å². The van der Waals surface area contributed by atoms with Crippen molar-refractivity contribution in [3.63, 3.8) is 0 Å². The van der Waals surface area contributed by atoms with Crippen molar-refractivity contribution in [3.8, 4) is 0 Å². The molecule has 0 bridgehead atoms. The van der Waals surface area contributed by atoms with Crippen molar-refractivity contribution in [2.45, 2.75) is 39.3 Å². The predicted molar refractivity (Wildman–Crippen MR) is 112 cm³/mol. The summed E-state index contributed by atoms with van der Waals surface area (Å²) in [5.41, 5.74) is 1.35. The maximum Gasteiger partial charge on any atom is 0.190 e. The summed E-state index contributed by atoms with van der Waals surface area (Å²) in [6.07, 6.45) is 3.92. The number of hydrogen-bond donors (Lipinski definition) is 2. The van der Waals surface area contributed by atoms with Crippen molar-refractivity contribution in [2.75, 3.05) is 27.2 Å². The summed E-state index contributed by atoms with van der Waals surface area (Å²) in [6, 6.07) is 11.1. The van der Waals surface area contributed by atoms with Gasteiger partial charge in [-0.2, -0.15) is 0 Å². The Morgan fingerprint density at radius 2 is 1.96 bits per heavy atom. The predicted octanol–water partition coefficient (Wildman–Crippen LogP) is 3.07. The van der Waals surface area contributed by atoms with Crippen LogP contribution in [0.5, 0.6) is 0 Å². The summed E-state index contributed by atoms with van der Waals surface area (Å²) < 4.78 is 0. The van der Waals surface area contributed by atoms with Gasteiger partial charge in [-0.3, -0.25) is 9.89 Å². The molecule has 26 heavy (non-hydrogen) atoms. The molecule has 0 aliphatic rings. The van der Waals surface area contributed by atoms with Crippen LogP contribution in [0.4, 0.5) is 0 Å². The van der Waals surface area contributed by atoms with Gasteiger partial charge in [-0.15, -0.1) is 11.3 Å². The Kier molecular flexibility index (Phi) is 8.58. The molecule has 0 amide bonds. The third kappa shape index (κ3) is 7.14. The Morgan fingerprint density at radius 3 is 2.62 bits per heavy atom. The van der Waals surface area contributed by atoms with Gasteiger partial charge < -0.3 is 10.6 Å². The second-order valence-corrected chi connectivity index (χ2v) is 7.90. The van der Waals surface area contributed by atoms with Gasteiger partial charge in [-0.1, -0.05) is 30.3 Å². The summed E-state index contributed by atoms with van der Waals surface area (Å²) in [4.78, 5) is 12.3. The van der Waals surface area contributed by atoms with Crippen LogP contribution in [0.25, 0.3) is 0 Å². The van der Waals surface area contributed by atoms with E-state index in [1.807, 2.05) is 13.2 Å². The van der Waals surface area contributed by atoms with Crippen molar-refractivity contribution in [2.24, 2.45) is 4.99 Å². The molecule has 0 saturated heterocycles.